The maximum atomic E-state index is 13.7. The molecule has 3 N–H and O–H groups in total. The molecule has 1 aliphatic rings. The molecule has 2 rings (SSSR count). The molecule has 0 aromatic heterocycles. The number of esters is 1. The Hall–Kier alpha value is -2.27. The highest BCUT2D eigenvalue weighted by molar-refractivity contribution is 7.80. The average molecular weight is 408 g/mol. The molecule has 0 spiro atoms. The number of aliphatic hydroxyl groups is 1. The Bertz CT molecular complexity index is 730. The zero-order chi connectivity index (χ0) is 20.4. The number of methoxy groups -OCH3 is 2. The normalized spacial score (nSPS) is 25.2. The van der Waals surface area contributed by atoms with Crippen molar-refractivity contribution in [3.63, 3.8) is 0 Å². The van der Waals surface area contributed by atoms with Crippen LogP contribution in [0.3, 0.4) is 0 Å². The lowest BCUT2D eigenvalue weighted by Crippen LogP contribution is -2.73. The van der Waals surface area contributed by atoms with Crippen LogP contribution in [0.5, 0.6) is 11.5 Å². The minimum Gasteiger partial charge on any atom is -0.493 e. The molecular formula is C16H19F3N2O5S. The van der Waals surface area contributed by atoms with E-state index in [0.717, 1.165) is 0 Å². The first-order chi connectivity index (χ1) is 12.6. The van der Waals surface area contributed by atoms with Crippen molar-refractivity contribution in [1.29, 1.82) is 0 Å². The molecule has 1 aliphatic heterocycles. The van der Waals surface area contributed by atoms with Crippen LogP contribution in [0.4, 0.5) is 13.2 Å². The minimum absolute atomic E-state index is 0.0982. The summed E-state index contributed by atoms with van der Waals surface area (Å²) in [7, 11) is 2.66. The van der Waals surface area contributed by atoms with E-state index in [1.54, 1.807) is 5.32 Å². The molecule has 0 amide bonds. The first kappa shape index (κ1) is 21.0. The van der Waals surface area contributed by atoms with E-state index in [0.29, 0.717) is 0 Å². The third-order valence-electron chi connectivity index (χ3n) is 4.12. The number of carbonyl (C=O) groups is 1. The van der Waals surface area contributed by atoms with Gasteiger partial charge < -0.3 is 30.0 Å². The summed E-state index contributed by atoms with van der Waals surface area (Å²) in [6.45, 7) is 1.27. The van der Waals surface area contributed by atoms with Gasteiger partial charge in [-0.25, -0.2) is 0 Å². The van der Waals surface area contributed by atoms with Crippen LogP contribution in [0.25, 0.3) is 0 Å². The number of carbonyl (C=O) groups excluding carboxylic acids is 1. The molecule has 1 aromatic rings. The highest BCUT2D eigenvalue weighted by Crippen LogP contribution is 2.46. The fourth-order valence-corrected chi connectivity index (χ4v) is 3.24. The zero-order valence-corrected chi connectivity index (χ0v) is 15.5. The maximum Gasteiger partial charge on any atom is 0.437 e. The van der Waals surface area contributed by atoms with Crippen LogP contribution >= 0.6 is 12.2 Å². The number of halogens is 3. The van der Waals surface area contributed by atoms with Gasteiger partial charge in [-0.05, 0) is 25.2 Å². The number of rotatable bonds is 5. The summed E-state index contributed by atoms with van der Waals surface area (Å²) in [5.41, 5.74) is -3.50. The van der Waals surface area contributed by atoms with E-state index < -0.39 is 34.9 Å². The van der Waals surface area contributed by atoms with Crippen LogP contribution in [-0.2, 0) is 9.53 Å². The molecule has 1 heterocycles. The van der Waals surface area contributed by atoms with Gasteiger partial charge >= 0.3 is 12.1 Å². The highest BCUT2D eigenvalue weighted by Gasteiger charge is 2.66. The van der Waals surface area contributed by atoms with Crippen LogP contribution in [0.1, 0.15) is 18.5 Å². The Morgan fingerprint density at radius 2 is 2.00 bits per heavy atom. The molecule has 27 heavy (non-hydrogen) atoms. The Morgan fingerprint density at radius 1 is 1.33 bits per heavy atom. The summed E-state index contributed by atoms with van der Waals surface area (Å²) in [6, 6.07) is 3.10. The smallest absolute Gasteiger partial charge is 0.437 e. The molecule has 7 nitrogen and oxygen atoms in total. The van der Waals surface area contributed by atoms with Gasteiger partial charge in [-0.3, -0.25) is 4.79 Å². The van der Waals surface area contributed by atoms with Crippen molar-refractivity contribution < 1.29 is 37.3 Å². The Labute approximate surface area is 158 Å². The van der Waals surface area contributed by atoms with Gasteiger partial charge in [0.15, 0.2) is 16.6 Å². The molecule has 3 atom stereocenters. The van der Waals surface area contributed by atoms with E-state index in [1.807, 2.05) is 0 Å². The highest BCUT2D eigenvalue weighted by atomic mass is 32.1. The first-order valence-electron chi connectivity index (χ1n) is 7.86. The van der Waals surface area contributed by atoms with Gasteiger partial charge in [0.05, 0.1) is 26.9 Å². The summed E-state index contributed by atoms with van der Waals surface area (Å²) in [5, 5.41) is 14.3. The van der Waals surface area contributed by atoms with Crippen molar-refractivity contribution in [2.24, 2.45) is 5.92 Å². The van der Waals surface area contributed by atoms with Crippen LogP contribution < -0.4 is 20.1 Å². The maximum absolute atomic E-state index is 13.7. The summed E-state index contributed by atoms with van der Waals surface area (Å²) >= 11 is 4.84. The van der Waals surface area contributed by atoms with Crippen molar-refractivity contribution in [3.05, 3.63) is 23.8 Å². The number of hydrogen-bond donors (Lipinski definition) is 3. The van der Waals surface area contributed by atoms with Gasteiger partial charge in [0.25, 0.3) is 5.72 Å². The van der Waals surface area contributed by atoms with Gasteiger partial charge in [0, 0.05) is 5.56 Å². The van der Waals surface area contributed by atoms with Gasteiger partial charge in [0.2, 0.25) is 0 Å². The third-order valence-corrected chi connectivity index (χ3v) is 4.34. The molecule has 1 aromatic carbocycles. The van der Waals surface area contributed by atoms with Gasteiger partial charge in [-0.15, -0.1) is 0 Å². The SMILES string of the molecule is CCOC(=O)[C@H]1[C@@H](c2cccc(OC)c2OC)NC(=S)N[C@]1(O)C(F)(F)F. The number of nitrogens with one attached hydrogen (secondary N) is 2. The van der Waals surface area contributed by atoms with Crippen molar-refractivity contribution in [2.45, 2.75) is 24.9 Å². The Balaban J connectivity index is 2.68. The standard InChI is InChI=1S/C16H19F3N2O5S/c1-4-26-13(22)10-11(8-6-5-7-9(24-2)12(8)25-3)20-14(27)21-15(10,23)16(17,18)19/h5-7,10-11,23H,4H2,1-3H3,(H2,20,21,27)/t10-,11-,15-/m1/s1. The molecule has 0 saturated carbocycles. The summed E-state index contributed by atoms with van der Waals surface area (Å²) in [5.74, 6) is -3.03. The number of ether oxygens (including phenoxy) is 3. The van der Waals surface area contributed by atoms with Crippen molar-refractivity contribution in [1.82, 2.24) is 10.6 Å². The van der Waals surface area contributed by atoms with Gasteiger partial charge in [-0.2, -0.15) is 13.2 Å². The van der Waals surface area contributed by atoms with Crippen LogP contribution in [0.15, 0.2) is 18.2 Å². The molecule has 0 aliphatic carbocycles. The summed E-state index contributed by atoms with van der Waals surface area (Å²) < 4.78 is 56.3. The van der Waals surface area contributed by atoms with Gasteiger partial charge in [0.1, 0.15) is 5.92 Å². The number of hydrogen-bond acceptors (Lipinski definition) is 6. The number of para-hydroxylation sites is 1. The quantitative estimate of drug-likeness (QED) is 0.501. The van der Waals surface area contributed by atoms with E-state index in [2.05, 4.69) is 5.32 Å². The van der Waals surface area contributed by atoms with Crippen molar-refractivity contribution in [2.75, 3.05) is 20.8 Å². The first-order valence-corrected chi connectivity index (χ1v) is 8.26. The number of thiocarbonyl (C=S) groups is 1. The topological polar surface area (TPSA) is 89.1 Å². The third kappa shape index (κ3) is 3.74. The fourth-order valence-electron chi connectivity index (χ4n) is 2.95. The molecule has 0 unspecified atom stereocenters. The van der Waals surface area contributed by atoms with Gasteiger partial charge in [-0.1, -0.05) is 12.1 Å². The molecule has 11 heteroatoms. The average Bonchev–Trinajstić information content (AvgIpc) is 2.59. The monoisotopic (exact) mass is 408 g/mol. The van der Waals surface area contributed by atoms with Crippen LogP contribution in [0, 0.1) is 5.92 Å². The van der Waals surface area contributed by atoms with Crippen molar-refractivity contribution >= 4 is 23.3 Å². The molecule has 0 bridgehead atoms. The lowest BCUT2D eigenvalue weighted by molar-refractivity contribution is -0.292. The lowest BCUT2D eigenvalue weighted by Gasteiger charge is -2.45. The molecule has 150 valence electrons. The second-order valence-electron chi connectivity index (χ2n) is 5.65. The van der Waals surface area contributed by atoms with E-state index >= 15 is 0 Å². The van der Waals surface area contributed by atoms with E-state index in [-0.39, 0.29) is 23.7 Å². The van der Waals surface area contributed by atoms with Crippen LogP contribution in [-0.4, -0.2) is 48.9 Å². The summed E-state index contributed by atoms with van der Waals surface area (Å²) in [4.78, 5) is 12.4. The number of benzene rings is 1. The van der Waals surface area contributed by atoms with E-state index in [9.17, 15) is 23.1 Å². The summed E-state index contributed by atoms with van der Waals surface area (Å²) in [6.07, 6.45) is -5.22. The Kier molecular flexibility index (Phi) is 6.05. The van der Waals surface area contributed by atoms with Crippen molar-refractivity contribution in [3.8, 4) is 11.5 Å². The molecule has 1 saturated heterocycles. The zero-order valence-electron chi connectivity index (χ0n) is 14.7. The molecule has 0 radical (unpaired) electrons. The largest absolute Gasteiger partial charge is 0.493 e. The van der Waals surface area contributed by atoms with E-state index in [1.165, 1.54) is 39.3 Å². The predicted molar refractivity (Wildman–Crippen MR) is 92.3 cm³/mol. The fraction of sp³-hybridized carbons (Fsp3) is 0.500. The second-order valence-corrected chi connectivity index (χ2v) is 6.06. The predicted octanol–water partition coefficient (Wildman–Crippen LogP) is 1.65. The molecular weight excluding hydrogens is 389 g/mol. The van der Waals surface area contributed by atoms with Crippen LogP contribution in [0.2, 0.25) is 0 Å². The van der Waals surface area contributed by atoms with E-state index in [4.69, 9.17) is 26.4 Å². The number of alkyl halides is 3. The Morgan fingerprint density at radius 3 is 2.52 bits per heavy atom. The minimum atomic E-state index is -5.22. The lowest BCUT2D eigenvalue weighted by atomic mass is 9.81. The molecule has 1 fully saturated rings. The second kappa shape index (κ2) is 7.77.